The highest BCUT2D eigenvalue weighted by molar-refractivity contribution is 6.29. The second-order valence-corrected chi connectivity index (χ2v) is 3.88. The normalized spacial score (nSPS) is 12.2. The molecule has 1 atom stereocenters. The summed E-state index contributed by atoms with van der Waals surface area (Å²) in [6.45, 7) is 4.09. The zero-order valence-corrected chi connectivity index (χ0v) is 9.58. The lowest BCUT2D eigenvalue weighted by atomic mass is 10.1. The molecule has 0 radical (unpaired) electrons. The Morgan fingerprint density at radius 1 is 1.53 bits per heavy atom. The number of halogens is 1. The van der Waals surface area contributed by atoms with E-state index in [0.29, 0.717) is 23.3 Å². The first-order chi connectivity index (χ1) is 7.11. The van der Waals surface area contributed by atoms with E-state index < -0.39 is 0 Å². The molecule has 0 aliphatic heterocycles. The number of amides is 1. The van der Waals surface area contributed by atoms with Gasteiger partial charge in [-0.05, 0) is 5.92 Å². The highest BCUT2D eigenvalue weighted by Gasteiger charge is 2.08. The molecule has 1 heterocycles. The lowest BCUT2D eigenvalue weighted by Gasteiger charge is -2.07. The number of aromatic nitrogens is 2. The van der Waals surface area contributed by atoms with Crippen molar-refractivity contribution < 1.29 is 4.79 Å². The smallest absolute Gasteiger partial charge is 0.225 e. The van der Waals surface area contributed by atoms with Crippen LogP contribution in [0.3, 0.4) is 0 Å². The van der Waals surface area contributed by atoms with Crippen molar-refractivity contribution in [1.29, 1.82) is 0 Å². The molecule has 1 unspecified atom stereocenters. The quantitative estimate of drug-likeness (QED) is 0.860. The fourth-order valence-corrected chi connectivity index (χ4v) is 1.13. The van der Waals surface area contributed by atoms with Crippen molar-refractivity contribution in [3.05, 3.63) is 17.5 Å². The third-order valence-corrected chi connectivity index (χ3v) is 2.31. The summed E-state index contributed by atoms with van der Waals surface area (Å²) < 4.78 is 0. The molecule has 0 saturated heterocycles. The largest absolute Gasteiger partial charge is 0.309 e. The molecular weight excluding hydrogens is 214 g/mol. The Bertz CT molecular complexity index is 326. The summed E-state index contributed by atoms with van der Waals surface area (Å²) in [5.41, 5.74) is 0. The molecule has 1 N–H and O–H groups in total. The van der Waals surface area contributed by atoms with Gasteiger partial charge in [0.25, 0.3) is 0 Å². The fourth-order valence-electron chi connectivity index (χ4n) is 1.03. The van der Waals surface area contributed by atoms with Gasteiger partial charge in [-0.25, -0.2) is 9.97 Å². The summed E-state index contributed by atoms with van der Waals surface area (Å²) in [5, 5.41) is 2.98. The summed E-state index contributed by atoms with van der Waals surface area (Å²) >= 11 is 5.57. The number of carbonyl (C=O) groups excluding carboxylic acids is 1. The third-order valence-electron chi connectivity index (χ3n) is 2.12. The van der Waals surface area contributed by atoms with Crippen LogP contribution in [0.5, 0.6) is 0 Å². The molecule has 0 aliphatic rings. The minimum atomic E-state index is -0.0408. The van der Waals surface area contributed by atoms with Crippen LogP contribution in [0.4, 0.5) is 5.82 Å². The molecule has 0 bridgehead atoms. The Morgan fingerprint density at radius 2 is 2.27 bits per heavy atom. The van der Waals surface area contributed by atoms with Crippen molar-refractivity contribution in [2.75, 3.05) is 5.32 Å². The number of anilines is 1. The maximum absolute atomic E-state index is 11.5. The number of nitrogens with zero attached hydrogens (tertiary/aromatic N) is 2. The highest BCUT2D eigenvalue weighted by Crippen LogP contribution is 2.09. The van der Waals surface area contributed by atoms with Crippen molar-refractivity contribution in [3.8, 4) is 0 Å². The van der Waals surface area contributed by atoms with Gasteiger partial charge < -0.3 is 5.32 Å². The molecule has 1 aromatic heterocycles. The first kappa shape index (κ1) is 11.9. The third kappa shape index (κ3) is 4.25. The van der Waals surface area contributed by atoms with E-state index in [2.05, 4.69) is 22.2 Å². The van der Waals surface area contributed by atoms with Crippen molar-refractivity contribution in [2.45, 2.75) is 26.7 Å². The molecule has 0 aromatic carbocycles. The Balaban J connectivity index is 2.48. The average molecular weight is 228 g/mol. The van der Waals surface area contributed by atoms with Crippen molar-refractivity contribution in [3.63, 3.8) is 0 Å². The Labute approximate surface area is 94.1 Å². The van der Waals surface area contributed by atoms with Crippen LogP contribution in [-0.4, -0.2) is 15.9 Å². The van der Waals surface area contributed by atoms with E-state index in [1.54, 1.807) is 0 Å². The summed E-state index contributed by atoms with van der Waals surface area (Å²) in [6, 6.07) is 0. The van der Waals surface area contributed by atoms with E-state index in [-0.39, 0.29) is 5.91 Å². The molecule has 1 aromatic rings. The van der Waals surface area contributed by atoms with Crippen molar-refractivity contribution >= 4 is 23.3 Å². The standard InChI is InChI=1S/C10H14ClN3O/c1-3-7(2)4-10(15)14-9-6-12-8(11)5-13-9/h5-7H,3-4H2,1-2H3,(H,13,14,15). The van der Waals surface area contributed by atoms with Crippen LogP contribution in [0.2, 0.25) is 5.15 Å². The molecule has 4 nitrogen and oxygen atoms in total. The van der Waals surface area contributed by atoms with Gasteiger partial charge in [0.05, 0.1) is 12.4 Å². The first-order valence-electron chi connectivity index (χ1n) is 4.89. The Kier molecular flexibility index (Phi) is 4.49. The lowest BCUT2D eigenvalue weighted by Crippen LogP contribution is -2.15. The topological polar surface area (TPSA) is 54.9 Å². The molecule has 0 aliphatic carbocycles. The van der Waals surface area contributed by atoms with E-state index in [1.807, 2.05) is 6.92 Å². The van der Waals surface area contributed by atoms with Gasteiger partial charge in [-0.15, -0.1) is 0 Å². The van der Waals surface area contributed by atoms with E-state index in [4.69, 9.17) is 11.6 Å². The van der Waals surface area contributed by atoms with E-state index >= 15 is 0 Å². The molecular formula is C10H14ClN3O. The van der Waals surface area contributed by atoms with E-state index in [1.165, 1.54) is 12.4 Å². The van der Waals surface area contributed by atoms with Gasteiger partial charge >= 0.3 is 0 Å². The number of carbonyl (C=O) groups is 1. The number of rotatable bonds is 4. The van der Waals surface area contributed by atoms with Gasteiger partial charge in [0, 0.05) is 6.42 Å². The van der Waals surface area contributed by atoms with Crippen LogP contribution in [-0.2, 0) is 4.79 Å². The first-order valence-corrected chi connectivity index (χ1v) is 5.27. The maximum Gasteiger partial charge on any atom is 0.225 e. The predicted molar refractivity (Wildman–Crippen MR) is 59.7 cm³/mol. The highest BCUT2D eigenvalue weighted by atomic mass is 35.5. The second kappa shape index (κ2) is 5.66. The number of nitrogens with one attached hydrogen (secondary N) is 1. The second-order valence-electron chi connectivity index (χ2n) is 3.49. The van der Waals surface area contributed by atoms with Crippen LogP contribution in [0, 0.1) is 5.92 Å². The number of hydrogen-bond acceptors (Lipinski definition) is 3. The van der Waals surface area contributed by atoms with E-state index in [0.717, 1.165) is 6.42 Å². The van der Waals surface area contributed by atoms with Gasteiger partial charge in [0.15, 0.2) is 5.82 Å². The molecule has 1 amide bonds. The molecule has 82 valence electrons. The van der Waals surface area contributed by atoms with Gasteiger partial charge in [-0.1, -0.05) is 31.9 Å². The molecule has 0 saturated carbocycles. The van der Waals surface area contributed by atoms with Crippen molar-refractivity contribution in [1.82, 2.24) is 9.97 Å². The maximum atomic E-state index is 11.5. The average Bonchev–Trinajstić information content (AvgIpc) is 2.21. The van der Waals surface area contributed by atoms with Crippen molar-refractivity contribution in [2.24, 2.45) is 5.92 Å². The monoisotopic (exact) mass is 227 g/mol. The molecule has 5 heteroatoms. The zero-order valence-electron chi connectivity index (χ0n) is 8.83. The van der Waals surface area contributed by atoms with Crippen LogP contribution >= 0.6 is 11.6 Å². The van der Waals surface area contributed by atoms with Gasteiger partial charge in [-0.3, -0.25) is 4.79 Å². The summed E-state index contributed by atoms with van der Waals surface area (Å²) in [6.07, 6.45) is 4.33. The van der Waals surface area contributed by atoms with E-state index in [9.17, 15) is 4.79 Å². The SMILES string of the molecule is CCC(C)CC(=O)Nc1cnc(Cl)cn1. The van der Waals surface area contributed by atoms with Gasteiger partial charge in [0.2, 0.25) is 5.91 Å². The summed E-state index contributed by atoms with van der Waals surface area (Å²) in [5.74, 6) is 0.777. The van der Waals surface area contributed by atoms with Gasteiger partial charge in [0.1, 0.15) is 5.15 Å². The Hall–Kier alpha value is -1.16. The molecule has 0 fully saturated rings. The van der Waals surface area contributed by atoms with Crippen LogP contribution in [0.1, 0.15) is 26.7 Å². The minimum absolute atomic E-state index is 0.0408. The van der Waals surface area contributed by atoms with Crippen LogP contribution in [0.25, 0.3) is 0 Å². The fraction of sp³-hybridized carbons (Fsp3) is 0.500. The molecule has 0 spiro atoms. The number of hydrogen-bond donors (Lipinski definition) is 1. The predicted octanol–water partition coefficient (Wildman–Crippen LogP) is 2.50. The zero-order chi connectivity index (χ0) is 11.3. The summed E-state index contributed by atoms with van der Waals surface area (Å²) in [4.78, 5) is 19.2. The molecule has 1 rings (SSSR count). The van der Waals surface area contributed by atoms with Gasteiger partial charge in [-0.2, -0.15) is 0 Å². The lowest BCUT2D eigenvalue weighted by molar-refractivity contribution is -0.117. The van der Waals surface area contributed by atoms with Crippen LogP contribution < -0.4 is 5.32 Å². The van der Waals surface area contributed by atoms with Crippen LogP contribution in [0.15, 0.2) is 12.4 Å². The molecule has 15 heavy (non-hydrogen) atoms. The minimum Gasteiger partial charge on any atom is -0.309 e. The summed E-state index contributed by atoms with van der Waals surface area (Å²) in [7, 11) is 0. The Morgan fingerprint density at radius 3 is 2.80 bits per heavy atom.